The molecule has 1 aromatic carbocycles. The largest absolute Gasteiger partial charge is 0.490 e. The predicted molar refractivity (Wildman–Crippen MR) is 83.2 cm³/mol. The van der Waals surface area contributed by atoms with E-state index in [1.807, 2.05) is 34.9 Å². The van der Waals surface area contributed by atoms with E-state index in [0.717, 1.165) is 48.1 Å². The third-order valence-electron chi connectivity index (χ3n) is 3.55. The Hall–Kier alpha value is -1.56. The van der Waals surface area contributed by atoms with E-state index in [2.05, 4.69) is 5.32 Å². The molecule has 2 aliphatic heterocycles. The highest BCUT2D eigenvalue weighted by atomic mass is 32.2. The third-order valence-corrected chi connectivity index (χ3v) is 4.50. The zero-order valence-electron chi connectivity index (χ0n) is 12.0. The van der Waals surface area contributed by atoms with Gasteiger partial charge < -0.3 is 19.7 Å². The molecule has 5 nitrogen and oxygen atoms in total. The molecule has 6 heteroatoms. The zero-order chi connectivity index (χ0) is 14.5. The topological polar surface area (TPSA) is 50.8 Å². The summed E-state index contributed by atoms with van der Waals surface area (Å²) in [5.41, 5.74) is 1.03. The lowest BCUT2D eigenvalue weighted by atomic mass is 10.2. The molecule has 0 spiro atoms. The van der Waals surface area contributed by atoms with Crippen LogP contribution in [0.15, 0.2) is 18.2 Å². The molecular formula is C15H20N2O3S. The summed E-state index contributed by atoms with van der Waals surface area (Å²) in [6.45, 7) is 3.54. The van der Waals surface area contributed by atoms with Crippen LogP contribution < -0.4 is 14.8 Å². The first-order chi connectivity index (χ1) is 10.3. The number of amides is 2. The fourth-order valence-corrected chi connectivity index (χ4v) is 3.28. The number of carbonyl (C=O) groups is 1. The van der Waals surface area contributed by atoms with E-state index in [9.17, 15) is 4.79 Å². The van der Waals surface area contributed by atoms with Crippen LogP contribution >= 0.6 is 11.8 Å². The number of thioether (sulfide) groups is 1. The van der Waals surface area contributed by atoms with E-state index in [-0.39, 0.29) is 6.03 Å². The molecule has 3 rings (SSSR count). The van der Waals surface area contributed by atoms with E-state index < -0.39 is 0 Å². The van der Waals surface area contributed by atoms with Gasteiger partial charge in [0.05, 0.1) is 13.2 Å². The van der Waals surface area contributed by atoms with Crippen LogP contribution in [0, 0.1) is 0 Å². The molecular weight excluding hydrogens is 288 g/mol. The van der Waals surface area contributed by atoms with Crippen LogP contribution in [0.3, 0.4) is 0 Å². The Labute approximate surface area is 129 Å². The van der Waals surface area contributed by atoms with E-state index >= 15 is 0 Å². The highest BCUT2D eigenvalue weighted by molar-refractivity contribution is 7.99. The lowest BCUT2D eigenvalue weighted by Crippen LogP contribution is -2.44. The van der Waals surface area contributed by atoms with Crippen molar-refractivity contribution in [3.63, 3.8) is 0 Å². The molecule has 0 saturated carbocycles. The molecule has 0 atom stereocenters. The van der Waals surface area contributed by atoms with Gasteiger partial charge >= 0.3 is 6.03 Å². The van der Waals surface area contributed by atoms with Crippen LogP contribution in [0.25, 0.3) is 0 Å². The average Bonchev–Trinajstić information content (AvgIpc) is 2.78. The third kappa shape index (κ3) is 3.75. The summed E-state index contributed by atoms with van der Waals surface area (Å²) in [5, 5.41) is 2.97. The standard InChI is InChI=1S/C15H20N2O3S/c18-15(17-4-8-21-9-5-17)16-11-12-2-3-13-14(10-12)20-7-1-6-19-13/h2-3,10H,1,4-9,11H2,(H,16,18). The first kappa shape index (κ1) is 14.4. The van der Waals surface area contributed by atoms with E-state index in [0.29, 0.717) is 19.8 Å². The zero-order valence-corrected chi connectivity index (χ0v) is 12.8. The van der Waals surface area contributed by atoms with Crippen LogP contribution in [-0.4, -0.2) is 48.7 Å². The maximum absolute atomic E-state index is 12.1. The minimum atomic E-state index is 0.0161. The Morgan fingerprint density at radius 2 is 1.95 bits per heavy atom. The van der Waals surface area contributed by atoms with Crippen LogP contribution in [0.1, 0.15) is 12.0 Å². The number of benzene rings is 1. The van der Waals surface area contributed by atoms with Crippen LogP contribution in [0.4, 0.5) is 4.79 Å². The smallest absolute Gasteiger partial charge is 0.317 e. The average molecular weight is 308 g/mol. The first-order valence-corrected chi connectivity index (χ1v) is 8.47. The summed E-state index contributed by atoms with van der Waals surface area (Å²) < 4.78 is 11.3. The number of ether oxygens (including phenoxy) is 2. The molecule has 1 saturated heterocycles. The van der Waals surface area contributed by atoms with Gasteiger partial charge in [-0.05, 0) is 17.7 Å². The van der Waals surface area contributed by atoms with Crippen molar-refractivity contribution < 1.29 is 14.3 Å². The second-order valence-electron chi connectivity index (χ2n) is 5.09. The lowest BCUT2D eigenvalue weighted by molar-refractivity contribution is 0.202. The lowest BCUT2D eigenvalue weighted by Gasteiger charge is -2.26. The minimum Gasteiger partial charge on any atom is -0.490 e. The Morgan fingerprint density at radius 1 is 1.19 bits per heavy atom. The Morgan fingerprint density at radius 3 is 2.76 bits per heavy atom. The highest BCUT2D eigenvalue weighted by Crippen LogP contribution is 2.30. The van der Waals surface area contributed by atoms with Gasteiger partial charge in [-0.25, -0.2) is 4.79 Å². The van der Waals surface area contributed by atoms with Gasteiger partial charge in [-0.15, -0.1) is 0 Å². The number of hydrogen-bond donors (Lipinski definition) is 1. The first-order valence-electron chi connectivity index (χ1n) is 7.32. The fourth-order valence-electron chi connectivity index (χ4n) is 2.37. The number of nitrogens with zero attached hydrogens (tertiary/aromatic N) is 1. The molecule has 1 aromatic rings. The predicted octanol–water partition coefficient (Wildman–Crippen LogP) is 2.11. The second-order valence-corrected chi connectivity index (χ2v) is 6.31. The van der Waals surface area contributed by atoms with Gasteiger partial charge in [0.1, 0.15) is 0 Å². The molecule has 2 aliphatic rings. The number of hydrogen-bond acceptors (Lipinski definition) is 4. The summed E-state index contributed by atoms with van der Waals surface area (Å²) in [7, 11) is 0. The van der Waals surface area contributed by atoms with E-state index in [1.165, 1.54) is 0 Å². The molecule has 1 N–H and O–H groups in total. The molecule has 2 heterocycles. The molecule has 0 unspecified atom stereocenters. The molecule has 0 bridgehead atoms. The van der Waals surface area contributed by atoms with E-state index in [4.69, 9.17) is 9.47 Å². The van der Waals surface area contributed by atoms with Crippen LogP contribution in [0.5, 0.6) is 11.5 Å². The van der Waals surface area contributed by atoms with Crippen molar-refractivity contribution in [2.24, 2.45) is 0 Å². The summed E-state index contributed by atoms with van der Waals surface area (Å²) in [5.74, 6) is 3.61. The summed E-state index contributed by atoms with van der Waals surface area (Å²) in [4.78, 5) is 13.9. The van der Waals surface area contributed by atoms with Gasteiger partial charge in [0.2, 0.25) is 0 Å². The van der Waals surface area contributed by atoms with Crippen molar-refractivity contribution in [3.05, 3.63) is 23.8 Å². The quantitative estimate of drug-likeness (QED) is 0.909. The van der Waals surface area contributed by atoms with E-state index in [1.54, 1.807) is 0 Å². The van der Waals surface area contributed by atoms with Crippen molar-refractivity contribution in [2.45, 2.75) is 13.0 Å². The maximum Gasteiger partial charge on any atom is 0.317 e. The molecule has 0 aromatic heterocycles. The second kappa shape index (κ2) is 6.93. The Bertz CT molecular complexity index is 504. The number of urea groups is 1. The number of nitrogens with one attached hydrogen (secondary N) is 1. The van der Waals surface area contributed by atoms with Crippen molar-refractivity contribution in [3.8, 4) is 11.5 Å². The van der Waals surface area contributed by atoms with Crippen molar-refractivity contribution >= 4 is 17.8 Å². The van der Waals surface area contributed by atoms with Crippen LogP contribution in [0.2, 0.25) is 0 Å². The highest BCUT2D eigenvalue weighted by Gasteiger charge is 2.16. The van der Waals surface area contributed by atoms with Crippen molar-refractivity contribution in [2.75, 3.05) is 37.8 Å². The molecule has 0 aliphatic carbocycles. The Balaban J connectivity index is 1.57. The fraction of sp³-hybridized carbons (Fsp3) is 0.533. The normalized spacial score (nSPS) is 18.0. The van der Waals surface area contributed by atoms with Gasteiger partial charge in [0, 0.05) is 37.6 Å². The molecule has 114 valence electrons. The molecule has 1 fully saturated rings. The summed E-state index contributed by atoms with van der Waals surface area (Å²) in [6, 6.07) is 5.86. The summed E-state index contributed by atoms with van der Waals surface area (Å²) in [6.07, 6.45) is 0.897. The van der Waals surface area contributed by atoms with Gasteiger partial charge in [0.25, 0.3) is 0 Å². The number of fused-ring (bicyclic) bond motifs is 1. The van der Waals surface area contributed by atoms with Gasteiger partial charge in [-0.2, -0.15) is 11.8 Å². The SMILES string of the molecule is O=C(NCc1ccc2c(c1)OCCCO2)N1CCSCC1. The van der Waals surface area contributed by atoms with Crippen LogP contribution in [-0.2, 0) is 6.54 Å². The van der Waals surface area contributed by atoms with Gasteiger partial charge in [-0.1, -0.05) is 6.07 Å². The number of carbonyl (C=O) groups excluding carboxylic acids is 1. The monoisotopic (exact) mass is 308 g/mol. The Kier molecular flexibility index (Phi) is 4.75. The summed E-state index contributed by atoms with van der Waals surface area (Å²) >= 11 is 1.90. The molecule has 21 heavy (non-hydrogen) atoms. The minimum absolute atomic E-state index is 0.0161. The van der Waals surface area contributed by atoms with Crippen molar-refractivity contribution in [1.82, 2.24) is 10.2 Å². The van der Waals surface area contributed by atoms with Gasteiger partial charge in [0.15, 0.2) is 11.5 Å². The molecule has 0 radical (unpaired) electrons. The van der Waals surface area contributed by atoms with Crippen molar-refractivity contribution in [1.29, 1.82) is 0 Å². The maximum atomic E-state index is 12.1. The number of rotatable bonds is 2. The van der Waals surface area contributed by atoms with Gasteiger partial charge in [-0.3, -0.25) is 0 Å². The molecule has 2 amide bonds.